The first kappa shape index (κ1) is 21.5. The molecule has 0 bridgehead atoms. The lowest BCUT2D eigenvalue weighted by Crippen LogP contribution is -2.61. The minimum atomic E-state index is -1.11. The van der Waals surface area contributed by atoms with Gasteiger partial charge in [-0.15, -0.1) is 0 Å². The molecule has 0 saturated carbocycles. The highest BCUT2D eigenvalue weighted by atomic mass is 16.5. The van der Waals surface area contributed by atoms with Gasteiger partial charge in [0, 0.05) is 27.9 Å². The van der Waals surface area contributed by atoms with E-state index in [2.05, 4.69) is 29.0 Å². The Morgan fingerprint density at radius 3 is 2.24 bits per heavy atom. The molecule has 7 N–H and O–H groups in total. The number of nitrogens with two attached hydrogens (primary N) is 2. The molecule has 0 aliphatic rings. The summed E-state index contributed by atoms with van der Waals surface area (Å²) in [6.45, 7) is 3.13. The van der Waals surface area contributed by atoms with Gasteiger partial charge in [0.15, 0.2) is 0 Å². The number of rotatable bonds is 4. The van der Waals surface area contributed by atoms with Gasteiger partial charge in [0.25, 0.3) is 11.8 Å². The van der Waals surface area contributed by atoms with Crippen LogP contribution in [0, 0.1) is 23.7 Å². The van der Waals surface area contributed by atoms with Gasteiger partial charge in [-0.25, -0.2) is 5.48 Å². The first-order valence-corrected chi connectivity index (χ1v) is 8.72. The summed E-state index contributed by atoms with van der Waals surface area (Å²) < 4.78 is 0. The number of para-hydroxylation sites is 1. The van der Waals surface area contributed by atoms with Crippen LogP contribution >= 0.6 is 0 Å². The molecule has 0 heterocycles. The second-order valence-electron chi connectivity index (χ2n) is 6.87. The predicted octanol–water partition coefficient (Wildman–Crippen LogP) is 1.01. The molecule has 0 radical (unpaired) electrons. The zero-order valence-electron chi connectivity index (χ0n) is 16.1. The van der Waals surface area contributed by atoms with Gasteiger partial charge in [0.2, 0.25) is 0 Å². The number of nitrogens with one attached hydrogen (secondary N) is 2. The molecule has 2 amide bonds. The number of nitrogen functional groups attached to an aromatic ring is 1. The summed E-state index contributed by atoms with van der Waals surface area (Å²) >= 11 is 0. The first-order valence-electron chi connectivity index (χ1n) is 8.72. The third-order valence-electron chi connectivity index (χ3n) is 3.97. The standard InChI is InChI=1S/C22H22N4O3/c1-22(2,24)19(21(28)26-29)25-20(27)17-13-11-15(12-14-17)7-3-4-8-16-9-5-6-10-18(16)23/h5-6,9-14,19,29H,23-24H2,1-2H3,(H,25,27)(H,26,28). The lowest BCUT2D eigenvalue weighted by Gasteiger charge is -2.29. The molecule has 2 aromatic carbocycles. The van der Waals surface area contributed by atoms with Gasteiger partial charge in [-0.2, -0.15) is 0 Å². The van der Waals surface area contributed by atoms with E-state index in [4.69, 9.17) is 16.7 Å². The molecule has 2 rings (SSSR count). The SMILES string of the molecule is CC(C)(N)C(NC(=O)c1ccc(C#CC#Cc2ccccc2N)cc1)C(=O)NO. The Labute approximate surface area is 169 Å². The Balaban J connectivity index is 2.08. The molecule has 7 nitrogen and oxygen atoms in total. The average Bonchev–Trinajstić information content (AvgIpc) is 2.69. The fourth-order valence-corrected chi connectivity index (χ4v) is 2.39. The van der Waals surface area contributed by atoms with Crippen molar-refractivity contribution in [2.24, 2.45) is 5.73 Å². The van der Waals surface area contributed by atoms with Crippen molar-refractivity contribution in [2.45, 2.75) is 25.4 Å². The van der Waals surface area contributed by atoms with Crippen LogP contribution in [-0.2, 0) is 4.79 Å². The van der Waals surface area contributed by atoms with E-state index in [0.29, 0.717) is 22.4 Å². The topological polar surface area (TPSA) is 130 Å². The lowest BCUT2D eigenvalue weighted by molar-refractivity contribution is -0.132. The summed E-state index contributed by atoms with van der Waals surface area (Å²) in [4.78, 5) is 24.1. The molecule has 0 aliphatic heterocycles. The lowest BCUT2D eigenvalue weighted by atomic mass is 9.95. The van der Waals surface area contributed by atoms with E-state index in [1.165, 1.54) is 5.48 Å². The van der Waals surface area contributed by atoms with Gasteiger partial charge < -0.3 is 16.8 Å². The number of hydrogen-bond acceptors (Lipinski definition) is 5. The van der Waals surface area contributed by atoms with Crippen molar-refractivity contribution in [3.63, 3.8) is 0 Å². The predicted molar refractivity (Wildman–Crippen MR) is 111 cm³/mol. The summed E-state index contributed by atoms with van der Waals surface area (Å²) in [5.74, 6) is 9.93. The molecule has 0 spiro atoms. The number of hydroxylamine groups is 1. The van der Waals surface area contributed by atoms with Gasteiger partial charge in [0.05, 0.1) is 0 Å². The zero-order valence-corrected chi connectivity index (χ0v) is 16.1. The van der Waals surface area contributed by atoms with Crippen LogP contribution in [0.3, 0.4) is 0 Å². The Hall–Kier alpha value is -3.78. The summed E-state index contributed by atoms with van der Waals surface area (Å²) in [6.07, 6.45) is 0. The van der Waals surface area contributed by atoms with Crippen LogP contribution in [0.5, 0.6) is 0 Å². The summed E-state index contributed by atoms with van der Waals surface area (Å²) in [7, 11) is 0. The van der Waals surface area contributed by atoms with Crippen molar-refractivity contribution in [1.29, 1.82) is 0 Å². The normalized spacial score (nSPS) is 11.2. The Kier molecular flexibility index (Phi) is 6.99. The van der Waals surface area contributed by atoms with Crippen molar-refractivity contribution in [2.75, 3.05) is 5.73 Å². The summed E-state index contributed by atoms with van der Waals surface area (Å²) in [5, 5.41) is 11.4. The molecular weight excluding hydrogens is 368 g/mol. The Morgan fingerprint density at radius 1 is 1.03 bits per heavy atom. The molecule has 1 atom stereocenters. The monoisotopic (exact) mass is 390 g/mol. The second kappa shape index (κ2) is 9.43. The zero-order chi connectivity index (χ0) is 21.4. The van der Waals surface area contributed by atoms with Crippen LogP contribution in [0.4, 0.5) is 5.69 Å². The van der Waals surface area contributed by atoms with E-state index in [-0.39, 0.29) is 0 Å². The Bertz CT molecular complexity index is 1020. The molecule has 0 saturated heterocycles. The van der Waals surface area contributed by atoms with Gasteiger partial charge in [-0.05, 0) is 62.1 Å². The third-order valence-corrected chi connectivity index (χ3v) is 3.97. The van der Waals surface area contributed by atoms with Crippen molar-refractivity contribution in [3.05, 3.63) is 65.2 Å². The molecule has 2 aromatic rings. The minimum Gasteiger partial charge on any atom is -0.398 e. The molecule has 0 aromatic heterocycles. The molecule has 0 fully saturated rings. The minimum absolute atomic E-state index is 0.318. The van der Waals surface area contributed by atoms with E-state index >= 15 is 0 Å². The number of anilines is 1. The second-order valence-corrected chi connectivity index (χ2v) is 6.87. The summed E-state index contributed by atoms with van der Waals surface area (Å²) in [6, 6.07) is 12.6. The molecule has 1 unspecified atom stereocenters. The number of amides is 2. The van der Waals surface area contributed by atoms with E-state index < -0.39 is 23.4 Å². The van der Waals surface area contributed by atoms with Gasteiger partial charge in [0.1, 0.15) is 6.04 Å². The van der Waals surface area contributed by atoms with Crippen LogP contribution < -0.4 is 22.3 Å². The van der Waals surface area contributed by atoms with Crippen LogP contribution in [0.25, 0.3) is 0 Å². The van der Waals surface area contributed by atoms with E-state index in [1.54, 1.807) is 44.2 Å². The molecule has 7 heteroatoms. The van der Waals surface area contributed by atoms with Crippen LogP contribution in [0.2, 0.25) is 0 Å². The maximum atomic E-state index is 12.4. The Morgan fingerprint density at radius 2 is 1.66 bits per heavy atom. The number of benzene rings is 2. The number of carbonyl (C=O) groups excluding carboxylic acids is 2. The largest absolute Gasteiger partial charge is 0.398 e. The van der Waals surface area contributed by atoms with Crippen LogP contribution in [0.15, 0.2) is 48.5 Å². The smallest absolute Gasteiger partial charge is 0.267 e. The van der Waals surface area contributed by atoms with Gasteiger partial charge >= 0.3 is 0 Å². The van der Waals surface area contributed by atoms with Gasteiger partial charge in [-0.3, -0.25) is 14.8 Å². The fourth-order valence-electron chi connectivity index (χ4n) is 2.39. The highest BCUT2D eigenvalue weighted by Gasteiger charge is 2.33. The molecule has 29 heavy (non-hydrogen) atoms. The van der Waals surface area contributed by atoms with Crippen molar-refractivity contribution >= 4 is 17.5 Å². The van der Waals surface area contributed by atoms with Crippen molar-refractivity contribution in [3.8, 4) is 23.7 Å². The summed E-state index contributed by atoms with van der Waals surface area (Å²) in [5.41, 5.74) is 14.4. The van der Waals surface area contributed by atoms with Crippen LogP contribution in [0.1, 0.15) is 35.3 Å². The first-order chi connectivity index (χ1) is 13.7. The number of carbonyl (C=O) groups is 2. The maximum absolute atomic E-state index is 12.4. The third kappa shape index (κ3) is 6.12. The van der Waals surface area contributed by atoms with E-state index in [1.807, 2.05) is 18.2 Å². The van der Waals surface area contributed by atoms with Crippen molar-refractivity contribution in [1.82, 2.24) is 10.8 Å². The van der Waals surface area contributed by atoms with E-state index in [0.717, 1.165) is 0 Å². The number of hydrogen-bond donors (Lipinski definition) is 5. The molecular formula is C22H22N4O3. The van der Waals surface area contributed by atoms with E-state index in [9.17, 15) is 9.59 Å². The quantitative estimate of drug-likeness (QED) is 0.230. The van der Waals surface area contributed by atoms with Crippen molar-refractivity contribution < 1.29 is 14.8 Å². The molecule has 148 valence electrons. The average molecular weight is 390 g/mol. The maximum Gasteiger partial charge on any atom is 0.267 e. The van der Waals surface area contributed by atoms with Gasteiger partial charge in [-0.1, -0.05) is 24.0 Å². The highest BCUT2D eigenvalue weighted by Crippen LogP contribution is 2.09. The highest BCUT2D eigenvalue weighted by molar-refractivity contribution is 5.97. The van der Waals surface area contributed by atoms with Crippen LogP contribution in [-0.4, -0.2) is 28.6 Å². The molecule has 0 aliphatic carbocycles. The fraction of sp³-hybridized carbons (Fsp3) is 0.182.